The Morgan fingerprint density at radius 1 is 1.12 bits per heavy atom. The average molecular weight is 369 g/mol. The standard InChI is InChI=1S/C20H19NO4S/c1-3-25-20(24)14-6-8-15(9-7-14)21-18(22)12-17(19(21)23)26-16-10-4-13(2)5-11-16/h4-11,17H,3,12H2,1-2H3/t17-/m1/s1. The van der Waals surface area contributed by atoms with E-state index in [1.807, 2.05) is 31.2 Å². The van der Waals surface area contributed by atoms with Gasteiger partial charge in [0.05, 0.1) is 23.1 Å². The van der Waals surface area contributed by atoms with Crippen molar-refractivity contribution in [2.75, 3.05) is 11.5 Å². The normalized spacial score (nSPS) is 16.8. The van der Waals surface area contributed by atoms with Gasteiger partial charge in [0.25, 0.3) is 0 Å². The van der Waals surface area contributed by atoms with Crippen LogP contribution in [0.25, 0.3) is 0 Å². The summed E-state index contributed by atoms with van der Waals surface area (Å²) in [7, 11) is 0. The molecule has 1 saturated heterocycles. The highest BCUT2D eigenvalue weighted by Gasteiger charge is 2.40. The molecule has 0 bridgehead atoms. The zero-order chi connectivity index (χ0) is 18.7. The maximum absolute atomic E-state index is 12.7. The van der Waals surface area contributed by atoms with Gasteiger partial charge in [-0.1, -0.05) is 17.7 Å². The van der Waals surface area contributed by atoms with Crippen LogP contribution in [0.15, 0.2) is 53.4 Å². The molecule has 2 aromatic rings. The number of imide groups is 1. The maximum Gasteiger partial charge on any atom is 0.338 e. The van der Waals surface area contributed by atoms with E-state index in [-0.39, 0.29) is 18.2 Å². The molecule has 0 aromatic heterocycles. The minimum absolute atomic E-state index is 0.164. The number of ether oxygens (including phenoxy) is 1. The smallest absolute Gasteiger partial charge is 0.338 e. The molecule has 0 unspecified atom stereocenters. The van der Waals surface area contributed by atoms with Crippen molar-refractivity contribution in [3.8, 4) is 0 Å². The summed E-state index contributed by atoms with van der Waals surface area (Å²) in [6.45, 7) is 4.03. The Balaban J connectivity index is 1.74. The van der Waals surface area contributed by atoms with Gasteiger partial charge in [-0.3, -0.25) is 9.59 Å². The molecule has 26 heavy (non-hydrogen) atoms. The van der Waals surface area contributed by atoms with Crippen LogP contribution in [-0.2, 0) is 14.3 Å². The number of thioether (sulfide) groups is 1. The molecule has 3 rings (SSSR count). The van der Waals surface area contributed by atoms with E-state index >= 15 is 0 Å². The van der Waals surface area contributed by atoms with Crippen molar-refractivity contribution < 1.29 is 19.1 Å². The van der Waals surface area contributed by atoms with Crippen LogP contribution in [0.4, 0.5) is 5.69 Å². The zero-order valence-corrected chi connectivity index (χ0v) is 15.4. The number of nitrogens with zero attached hydrogens (tertiary/aromatic N) is 1. The predicted molar refractivity (Wildman–Crippen MR) is 100 cm³/mol. The number of amides is 2. The first-order valence-electron chi connectivity index (χ1n) is 8.37. The van der Waals surface area contributed by atoms with Gasteiger partial charge in [0.2, 0.25) is 11.8 Å². The minimum atomic E-state index is -0.435. The van der Waals surface area contributed by atoms with Gasteiger partial charge in [-0.15, -0.1) is 11.8 Å². The third-order valence-corrected chi connectivity index (χ3v) is 5.24. The molecule has 0 radical (unpaired) electrons. The van der Waals surface area contributed by atoms with Crippen LogP contribution in [0.1, 0.15) is 29.3 Å². The van der Waals surface area contributed by atoms with E-state index in [9.17, 15) is 14.4 Å². The number of carbonyl (C=O) groups excluding carboxylic acids is 3. The number of anilines is 1. The second-order valence-electron chi connectivity index (χ2n) is 5.96. The lowest BCUT2D eigenvalue weighted by molar-refractivity contribution is -0.121. The summed E-state index contributed by atoms with van der Waals surface area (Å²) < 4.78 is 4.94. The van der Waals surface area contributed by atoms with E-state index < -0.39 is 11.2 Å². The summed E-state index contributed by atoms with van der Waals surface area (Å²) in [6, 6.07) is 14.2. The van der Waals surface area contributed by atoms with E-state index in [4.69, 9.17) is 4.74 Å². The fraction of sp³-hybridized carbons (Fsp3) is 0.250. The van der Waals surface area contributed by atoms with Crippen LogP contribution < -0.4 is 4.90 Å². The van der Waals surface area contributed by atoms with E-state index in [0.29, 0.717) is 17.9 Å². The van der Waals surface area contributed by atoms with Crippen molar-refractivity contribution in [1.82, 2.24) is 0 Å². The van der Waals surface area contributed by atoms with Crippen molar-refractivity contribution in [3.63, 3.8) is 0 Å². The first-order valence-corrected chi connectivity index (χ1v) is 9.25. The minimum Gasteiger partial charge on any atom is -0.462 e. The predicted octanol–water partition coefficient (Wildman–Crippen LogP) is 3.60. The molecule has 1 aliphatic rings. The summed E-state index contributed by atoms with van der Waals surface area (Å²) in [6.07, 6.45) is 0.164. The van der Waals surface area contributed by atoms with Crippen molar-refractivity contribution in [2.24, 2.45) is 0 Å². The number of hydrogen-bond donors (Lipinski definition) is 0. The summed E-state index contributed by atoms with van der Waals surface area (Å²) in [5.74, 6) is -0.890. The number of esters is 1. The second-order valence-corrected chi connectivity index (χ2v) is 7.23. The third-order valence-electron chi connectivity index (χ3n) is 4.04. The summed E-state index contributed by atoms with van der Waals surface area (Å²) in [5, 5.41) is -0.435. The Bertz CT molecular complexity index is 830. The van der Waals surface area contributed by atoms with Crippen molar-refractivity contribution >= 4 is 35.2 Å². The number of hydrogen-bond acceptors (Lipinski definition) is 5. The van der Waals surface area contributed by atoms with E-state index in [2.05, 4.69) is 0 Å². The Morgan fingerprint density at radius 3 is 2.38 bits per heavy atom. The van der Waals surface area contributed by atoms with Gasteiger partial charge in [0.15, 0.2) is 0 Å². The molecule has 1 atom stereocenters. The maximum atomic E-state index is 12.7. The molecule has 0 saturated carbocycles. The lowest BCUT2D eigenvalue weighted by Crippen LogP contribution is -2.31. The lowest BCUT2D eigenvalue weighted by atomic mass is 10.2. The monoisotopic (exact) mass is 369 g/mol. The van der Waals surface area contributed by atoms with Crippen LogP contribution in [0.5, 0.6) is 0 Å². The molecule has 0 aliphatic carbocycles. The summed E-state index contributed by atoms with van der Waals surface area (Å²) in [4.78, 5) is 38.9. The first kappa shape index (κ1) is 18.2. The summed E-state index contributed by atoms with van der Waals surface area (Å²) in [5.41, 5.74) is 2.01. The van der Waals surface area contributed by atoms with E-state index in [0.717, 1.165) is 10.5 Å². The van der Waals surface area contributed by atoms with Gasteiger partial charge in [-0.05, 0) is 50.2 Å². The highest BCUT2D eigenvalue weighted by molar-refractivity contribution is 8.00. The van der Waals surface area contributed by atoms with Gasteiger partial charge < -0.3 is 4.74 Å². The van der Waals surface area contributed by atoms with Crippen LogP contribution in [0.2, 0.25) is 0 Å². The number of rotatable bonds is 5. The van der Waals surface area contributed by atoms with Gasteiger partial charge in [0, 0.05) is 11.3 Å². The molecule has 1 heterocycles. The molecular formula is C20H19NO4S. The lowest BCUT2D eigenvalue weighted by Gasteiger charge is -2.15. The van der Waals surface area contributed by atoms with Gasteiger partial charge >= 0.3 is 5.97 Å². The molecule has 5 nitrogen and oxygen atoms in total. The fourth-order valence-corrected chi connectivity index (χ4v) is 3.76. The number of benzene rings is 2. The molecule has 0 N–H and O–H groups in total. The zero-order valence-electron chi connectivity index (χ0n) is 14.6. The molecule has 134 valence electrons. The highest BCUT2D eigenvalue weighted by Crippen LogP contribution is 2.34. The van der Waals surface area contributed by atoms with Gasteiger partial charge in [0.1, 0.15) is 0 Å². The highest BCUT2D eigenvalue weighted by atomic mass is 32.2. The number of aryl methyl sites for hydroxylation is 1. The van der Waals surface area contributed by atoms with Crippen LogP contribution in [0.3, 0.4) is 0 Å². The molecule has 2 amide bonds. The molecule has 1 aliphatic heterocycles. The summed E-state index contributed by atoms with van der Waals surface area (Å²) >= 11 is 1.40. The molecule has 1 fully saturated rings. The molecule has 0 spiro atoms. The molecular weight excluding hydrogens is 350 g/mol. The van der Waals surface area contributed by atoms with E-state index in [1.54, 1.807) is 31.2 Å². The van der Waals surface area contributed by atoms with Crippen molar-refractivity contribution in [3.05, 3.63) is 59.7 Å². The Labute approximate surface area is 156 Å². The third kappa shape index (κ3) is 3.80. The van der Waals surface area contributed by atoms with Crippen LogP contribution in [0, 0.1) is 6.92 Å². The van der Waals surface area contributed by atoms with E-state index in [1.165, 1.54) is 16.7 Å². The quantitative estimate of drug-likeness (QED) is 0.595. The van der Waals surface area contributed by atoms with Crippen LogP contribution in [-0.4, -0.2) is 29.6 Å². The van der Waals surface area contributed by atoms with Crippen molar-refractivity contribution in [1.29, 1.82) is 0 Å². The molecule has 2 aromatic carbocycles. The van der Waals surface area contributed by atoms with Gasteiger partial charge in [-0.25, -0.2) is 9.69 Å². The second kappa shape index (κ2) is 7.74. The Kier molecular flexibility index (Phi) is 5.42. The average Bonchev–Trinajstić information content (AvgIpc) is 2.91. The topological polar surface area (TPSA) is 63.7 Å². The van der Waals surface area contributed by atoms with Crippen molar-refractivity contribution in [2.45, 2.75) is 30.4 Å². The Hall–Kier alpha value is -2.60. The number of carbonyl (C=O) groups is 3. The fourth-order valence-electron chi connectivity index (χ4n) is 2.71. The van der Waals surface area contributed by atoms with Crippen LogP contribution >= 0.6 is 11.8 Å². The Morgan fingerprint density at radius 2 is 1.77 bits per heavy atom. The first-order chi connectivity index (χ1) is 12.5. The SMILES string of the molecule is CCOC(=O)c1ccc(N2C(=O)C[C@@H](Sc3ccc(C)cc3)C2=O)cc1. The largest absolute Gasteiger partial charge is 0.462 e. The molecule has 6 heteroatoms. The van der Waals surface area contributed by atoms with Gasteiger partial charge in [-0.2, -0.15) is 0 Å².